The third kappa shape index (κ3) is 3.34. The molecule has 0 aliphatic carbocycles. The van der Waals surface area contributed by atoms with Crippen LogP contribution in [0.2, 0.25) is 0 Å². The first-order chi connectivity index (χ1) is 8.28. The van der Waals surface area contributed by atoms with Gasteiger partial charge in [-0.1, -0.05) is 6.92 Å². The normalized spacial score (nSPS) is 14.1. The molecule has 1 rings (SSSR count). The van der Waals surface area contributed by atoms with Crippen molar-refractivity contribution in [2.75, 3.05) is 12.0 Å². The van der Waals surface area contributed by atoms with E-state index in [1.54, 1.807) is 6.92 Å². The Balaban J connectivity index is 3.12. The molecule has 0 aliphatic heterocycles. The third-order valence-electron chi connectivity index (χ3n) is 2.50. The third-order valence-corrected chi connectivity index (χ3v) is 2.80. The number of halogens is 1. The van der Waals surface area contributed by atoms with Gasteiger partial charge >= 0.3 is 0 Å². The molecule has 4 N–H and O–H groups in total. The Labute approximate surface area is 110 Å². The molecule has 0 fully saturated rings. The summed E-state index contributed by atoms with van der Waals surface area (Å²) in [6.45, 7) is 3.77. The minimum absolute atomic E-state index is 0.190. The van der Waals surface area contributed by atoms with Gasteiger partial charge in [-0.3, -0.25) is 4.79 Å². The lowest BCUT2D eigenvalue weighted by Gasteiger charge is -2.24. The fourth-order valence-corrected chi connectivity index (χ4v) is 1.97. The van der Waals surface area contributed by atoms with Gasteiger partial charge in [0.1, 0.15) is 25.2 Å². The summed E-state index contributed by atoms with van der Waals surface area (Å²) in [5.41, 5.74) is 8.35. The summed E-state index contributed by atoms with van der Waals surface area (Å²) < 4.78 is 12.7. The number of nitrogens with zero attached hydrogens (tertiary/aromatic N) is 1. The summed E-state index contributed by atoms with van der Waals surface area (Å²) in [5, 5.41) is 9.87. The highest BCUT2D eigenvalue weighted by molar-refractivity contribution is 7.74. The van der Waals surface area contributed by atoms with Crippen molar-refractivity contribution in [3.05, 3.63) is 29.1 Å². The van der Waals surface area contributed by atoms with Gasteiger partial charge in [0, 0.05) is 6.42 Å². The van der Waals surface area contributed by atoms with Crippen molar-refractivity contribution in [1.29, 1.82) is 0 Å². The summed E-state index contributed by atoms with van der Waals surface area (Å²) in [7, 11) is 0. The van der Waals surface area contributed by atoms with Crippen LogP contribution in [0.5, 0.6) is 0 Å². The topological polar surface area (TPSA) is 75.3 Å². The van der Waals surface area contributed by atoms with E-state index in [0.717, 1.165) is 6.07 Å². The van der Waals surface area contributed by atoms with Crippen molar-refractivity contribution < 1.29 is 18.6 Å². The van der Waals surface area contributed by atoms with Crippen LogP contribution in [0, 0.1) is 12.7 Å². The molecule has 0 aliphatic rings. The van der Waals surface area contributed by atoms with E-state index < -0.39 is 15.9 Å². The van der Waals surface area contributed by atoms with Crippen molar-refractivity contribution in [3.63, 3.8) is 0 Å². The highest BCUT2D eigenvalue weighted by Gasteiger charge is 2.23. The van der Waals surface area contributed by atoms with Crippen molar-refractivity contribution >= 4 is 24.4 Å². The maximum Gasteiger partial charge on any atom is 0.252 e. The van der Waals surface area contributed by atoms with E-state index in [9.17, 15) is 14.4 Å². The number of benzene rings is 1. The first-order valence-corrected chi connectivity index (χ1v) is 5.89. The predicted octanol–water partition coefficient (Wildman–Crippen LogP) is 2.02. The molecule has 0 bridgehead atoms. The van der Waals surface area contributed by atoms with Gasteiger partial charge in [-0.25, -0.2) is 4.39 Å². The highest BCUT2D eigenvalue weighted by Crippen LogP contribution is 2.24. The van der Waals surface area contributed by atoms with Crippen LogP contribution < -0.4 is 11.2 Å². The van der Waals surface area contributed by atoms with Crippen LogP contribution in [0.15, 0.2) is 12.1 Å². The SMILES string of the molecule is CCC[N+](O)(S)Nc1ccc(F)c(C(N)=O)c1C. The molecule has 1 aromatic rings. The Hall–Kier alpha value is -1.31. The van der Waals surface area contributed by atoms with Crippen molar-refractivity contribution in [2.45, 2.75) is 20.3 Å². The first kappa shape index (κ1) is 14.7. The van der Waals surface area contributed by atoms with Gasteiger partial charge in [-0.15, -0.1) is 0 Å². The summed E-state index contributed by atoms with van der Waals surface area (Å²) in [5.74, 6) is -1.53. The van der Waals surface area contributed by atoms with Crippen LogP contribution in [0.1, 0.15) is 29.3 Å². The average molecular weight is 274 g/mol. The van der Waals surface area contributed by atoms with Crippen LogP contribution >= 0.6 is 12.8 Å². The predicted molar refractivity (Wildman–Crippen MR) is 69.5 cm³/mol. The molecule has 0 saturated carbocycles. The zero-order valence-corrected chi connectivity index (χ0v) is 11.2. The summed E-state index contributed by atoms with van der Waals surface area (Å²) >= 11 is 4.01. The Morgan fingerprint density at radius 1 is 1.61 bits per heavy atom. The van der Waals surface area contributed by atoms with Gasteiger partial charge < -0.3 is 5.73 Å². The molecule has 0 heterocycles. The van der Waals surface area contributed by atoms with E-state index >= 15 is 0 Å². The molecule has 1 unspecified atom stereocenters. The van der Waals surface area contributed by atoms with Gasteiger partial charge in [0.25, 0.3) is 5.91 Å². The Morgan fingerprint density at radius 2 is 2.22 bits per heavy atom. The number of carbonyl (C=O) groups is 1. The number of rotatable bonds is 5. The quantitative estimate of drug-likeness (QED) is 0.377. The largest absolute Gasteiger partial charge is 0.365 e. The number of anilines is 1. The molecule has 1 aromatic carbocycles. The fraction of sp³-hybridized carbons (Fsp3) is 0.364. The lowest BCUT2D eigenvalue weighted by molar-refractivity contribution is -0.972. The molecule has 1 atom stereocenters. The minimum Gasteiger partial charge on any atom is -0.365 e. The monoisotopic (exact) mass is 274 g/mol. The molecule has 18 heavy (non-hydrogen) atoms. The molecule has 1 amide bonds. The van der Waals surface area contributed by atoms with Crippen molar-refractivity contribution in [3.8, 4) is 0 Å². The number of quaternary nitrogens is 1. The first-order valence-electron chi connectivity index (χ1n) is 5.49. The molecule has 0 saturated heterocycles. The number of primary amides is 1. The molecule has 5 nitrogen and oxygen atoms in total. The minimum atomic E-state index is -0.848. The Morgan fingerprint density at radius 3 is 2.72 bits per heavy atom. The zero-order chi connectivity index (χ0) is 13.9. The number of hydrogen-bond donors (Lipinski definition) is 4. The van der Waals surface area contributed by atoms with Crippen LogP contribution in [0.3, 0.4) is 0 Å². The van der Waals surface area contributed by atoms with Crippen LogP contribution in [0.25, 0.3) is 0 Å². The average Bonchev–Trinajstić information content (AvgIpc) is 2.21. The van der Waals surface area contributed by atoms with Crippen molar-refractivity contribution in [2.24, 2.45) is 5.73 Å². The summed E-state index contributed by atoms with van der Waals surface area (Å²) in [6.07, 6.45) is 0.690. The smallest absolute Gasteiger partial charge is 0.252 e. The molecule has 0 aromatic heterocycles. The molecule has 0 spiro atoms. The molecule has 7 heteroatoms. The standard InChI is InChI=1S/C11H16FN3O2S/c1-3-6-15(17,18)14-9-5-4-8(12)10(7(9)2)11(13)16/h4-5,14,17-18H,3,6H2,1-2H3,(H-,13,16)/p+1. The number of nitrogens with two attached hydrogens (primary N) is 1. The summed E-state index contributed by atoms with van der Waals surface area (Å²) in [4.78, 5) is 11.2. The zero-order valence-electron chi connectivity index (χ0n) is 10.3. The van der Waals surface area contributed by atoms with E-state index in [2.05, 4.69) is 18.2 Å². The van der Waals surface area contributed by atoms with E-state index in [1.165, 1.54) is 6.07 Å². The number of thiol groups is 1. The second-order valence-corrected chi connectivity index (χ2v) is 4.69. The highest BCUT2D eigenvalue weighted by atomic mass is 32.1. The van der Waals surface area contributed by atoms with Crippen LogP contribution in [-0.2, 0) is 0 Å². The second-order valence-electron chi connectivity index (χ2n) is 4.03. The fourth-order valence-electron chi connectivity index (χ4n) is 1.66. The number of carbonyl (C=O) groups excluding carboxylic acids is 1. The lowest BCUT2D eigenvalue weighted by atomic mass is 10.1. The van der Waals surface area contributed by atoms with Gasteiger partial charge in [0.15, 0.2) is 0 Å². The summed E-state index contributed by atoms with van der Waals surface area (Å²) in [6, 6.07) is 2.54. The van der Waals surface area contributed by atoms with Crippen LogP contribution in [0.4, 0.5) is 10.1 Å². The van der Waals surface area contributed by atoms with Crippen LogP contribution in [-0.4, -0.2) is 21.8 Å². The number of amides is 1. The second kappa shape index (κ2) is 5.55. The number of hydrogen-bond acceptors (Lipinski definition) is 4. The maximum atomic E-state index is 13.4. The molecule has 0 radical (unpaired) electrons. The van der Waals surface area contributed by atoms with Gasteiger partial charge in [0.2, 0.25) is 0 Å². The Bertz CT molecular complexity index is 466. The molecule has 100 valence electrons. The molecular weight excluding hydrogens is 257 g/mol. The Kier molecular flexibility index (Phi) is 4.55. The molecular formula is C11H17FN3O2S+. The van der Waals surface area contributed by atoms with Gasteiger partial charge in [0.05, 0.1) is 11.3 Å². The lowest BCUT2D eigenvalue weighted by Crippen LogP contribution is -2.41. The van der Waals surface area contributed by atoms with Gasteiger partial charge in [-0.05, 0) is 28.8 Å². The van der Waals surface area contributed by atoms with Gasteiger partial charge in [-0.2, -0.15) is 10.6 Å². The number of nitrogens with one attached hydrogen (secondary N) is 1. The van der Waals surface area contributed by atoms with E-state index in [-0.39, 0.29) is 5.56 Å². The van der Waals surface area contributed by atoms with Crippen molar-refractivity contribution in [1.82, 2.24) is 0 Å². The maximum absolute atomic E-state index is 13.4. The van der Waals surface area contributed by atoms with E-state index in [4.69, 9.17) is 5.73 Å². The van der Waals surface area contributed by atoms with E-state index in [1.807, 2.05) is 6.92 Å². The number of hydroxylamine groups is 1. The van der Waals surface area contributed by atoms with E-state index in [0.29, 0.717) is 24.2 Å².